The molecule has 7 nitrogen and oxygen atoms in total. The molecule has 1 aromatic carbocycles. The number of hydrogen-bond donors (Lipinski definition) is 1. The normalized spacial score (nSPS) is 18.1. The maximum Gasteiger partial charge on any atom is 0.307 e. The van der Waals surface area contributed by atoms with Crippen LogP contribution in [0, 0.1) is 12.8 Å². The van der Waals surface area contributed by atoms with Crippen LogP contribution in [0.25, 0.3) is 0 Å². The number of rotatable bonds is 7. The molecule has 1 N–H and O–H groups in total. The fourth-order valence-corrected chi connectivity index (χ4v) is 4.08. The van der Waals surface area contributed by atoms with E-state index in [0.29, 0.717) is 30.2 Å². The Labute approximate surface area is 171 Å². The molecule has 1 aromatic heterocycles. The van der Waals surface area contributed by atoms with Gasteiger partial charge in [0.05, 0.1) is 33.3 Å². The third-order valence-corrected chi connectivity index (χ3v) is 5.53. The molecular formula is C22H28N2O5. The molecule has 3 rings (SSSR count). The molecule has 1 saturated heterocycles. The van der Waals surface area contributed by atoms with Gasteiger partial charge in [-0.2, -0.15) is 0 Å². The van der Waals surface area contributed by atoms with Crippen molar-refractivity contribution >= 4 is 5.97 Å². The monoisotopic (exact) mass is 400 g/mol. The van der Waals surface area contributed by atoms with Crippen molar-refractivity contribution in [2.24, 2.45) is 5.92 Å². The van der Waals surface area contributed by atoms with Gasteiger partial charge in [0, 0.05) is 18.9 Å². The zero-order valence-corrected chi connectivity index (χ0v) is 17.3. The summed E-state index contributed by atoms with van der Waals surface area (Å²) in [5.41, 5.74) is 3.09. The Hall–Kier alpha value is -2.80. The molecule has 0 spiro atoms. The van der Waals surface area contributed by atoms with Gasteiger partial charge in [-0.25, -0.2) is 0 Å². The smallest absolute Gasteiger partial charge is 0.307 e. The second-order valence-corrected chi connectivity index (χ2v) is 7.27. The first-order chi connectivity index (χ1) is 14.0. The number of nitrogens with zero attached hydrogens (tertiary/aromatic N) is 2. The van der Waals surface area contributed by atoms with Crippen LogP contribution >= 0.6 is 0 Å². The van der Waals surface area contributed by atoms with E-state index in [1.54, 1.807) is 27.5 Å². The standard InChI is InChI=1S/C22H28N2O5/c1-14-12-23-8-7-17(14)20(24-9-5-6-15(13-24)22(25)26)16-10-18(27-2)21(29-4)19(11-16)28-3/h7-8,10-12,15,20H,5-6,9,13H2,1-4H3,(H,25,26). The van der Waals surface area contributed by atoms with Gasteiger partial charge in [0.25, 0.3) is 0 Å². The van der Waals surface area contributed by atoms with Gasteiger partial charge in [-0.15, -0.1) is 0 Å². The summed E-state index contributed by atoms with van der Waals surface area (Å²) in [6.45, 7) is 3.32. The number of carboxylic acids is 1. The maximum atomic E-state index is 11.7. The molecule has 1 fully saturated rings. The van der Waals surface area contributed by atoms with Gasteiger partial charge in [0.15, 0.2) is 11.5 Å². The van der Waals surface area contributed by atoms with E-state index in [4.69, 9.17) is 14.2 Å². The number of benzene rings is 1. The third kappa shape index (κ3) is 4.29. The van der Waals surface area contributed by atoms with Crippen molar-refractivity contribution in [1.82, 2.24) is 9.88 Å². The van der Waals surface area contributed by atoms with Gasteiger partial charge in [-0.1, -0.05) is 0 Å². The molecule has 2 unspecified atom stereocenters. The average Bonchev–Trinajstić information content (AvgIpc) is 2.74. The van der Waals surface area contributed by atoms with Crippen LogP contribution < -0.4 is 14.2 Å². The average molecular weight is 400 g/mol. The lowest BCUT2D eigenvalue weighted by Crippen LogP contribution is -2.41. The Morgan fingerprint density at radius 1 is 1.21 bits per heavy atom. The van der Waals surface area contributed by atoms with Crippen LogP contribution in [-0.2, 0) is 4.79 Å². The summed E-state index contributed by atoms with van der Waals surface area (Å²) in [7, 11) is 4.76. The number of aryl methyl sites for hydroxylation is 1. The van der Waals surface area contributed by atoms with Gasteiger partial charge in [0.1, 0.15) is 0 Å². The van der Waals surface area contributed by atoms with Crippen molar-refractivity contribution in [3.8, 4) is 17.2 Å². The van der Waals surface area contributed by atoms with Crippen molar-refractivity contribution < 1.29 is 24.1 Å². The van der Waals surface area contributed by atoms with Gasteiger partial charge < -0.3 is 19.3 Å². The second kappa shape index (κ2) is 9.13. The van der Waals surface area contributed by atoms with Crippen molar-refractivity contribution in [1.29, 1.82) is 0 Å². The van der Waals surface area contributed by atoms with E-state index < -0.39 is 5.97 Å². The Kier molecular flexibility index (Phi) is 6.59. The highest BCUT2D eigenvalue weighted by Gasteiger charge is 2.33. The third-order valence-electron chi connectivity index (χ3n) is 5.53. The number of aromatic nitrogens is 1. The van der Waals surface area contributed by atoms with Gasteiger partial charge in [-0.05, 0) is 61.2 Å². The SMILES string of the molecule is COc1cc(C(c2ccncc2C)N2CCCC(C(=O)O)C2)cc(OC)c1OC. The number of ether oxygens (including phenoxy) is 3. The summed E-state index contributed by atoms with van der Waals surface area (Å²) < 4.78 is 16.6. The lowest BCUT2D eigenvalue weighted by molar-refractivity contribution is -0.143. The number of hydrogen-bond acceptors (Lipinski definition) is 6. The highest BCUT2D eigenvalue weighted by atomic mass is 16.5. The van der Waals surface area contributed by atoms with Crippen LogP contribution in [0.15, 0.2) is 30.6 Å². The first-order valence-electron chi connectivity index (χ1n) is 9.67. The zero-order valence-electron chi connectivity index (χ0n) is 17.3. The molecule has 2 heterocycles. The fraction of sp³-hybridized carbons (Fsp3) is 0.455. The van der Waals surface area contributed by atoms with Crippen molar-refractivity contribution in [3.05, 3.63) is 47.3 Å². The molecule has 0 radical (unpaired) electrons. The van der Waals surface area contributed by atoms with Gasteiger partial charge >= 0.3 is 5.97 Å². The molecule has 1 aliphatic heterocycles. The fourth-order valence-electron chi connectivity index (χ4n) is 4.08. The Balaban J connectivity index is 2.14. The summed E-state index contributed by atoms with van der Waals surface area (Å²) in [4.78, 5) is 18.1. The zero-order chi connectivity index (χ0) is 21.0. The van der Waals surface area contributed by atoms with E-state index in [2.05, 4.69) is 9.88 Å². The van der Waals surface area contributed by atoms with E-state index in [1.807, 2.05) is 31.3 Å². The molecule has 156 valence electrons. The number of likely N-dealkylation sites (tertiary alicyclic amines) is 1. The minimum Gasteiger partial charge on any atom is -0.493 e. The first kappa shape index (κ1) is 20.9. The van der Waals surface area contributed by atoms with E-state index in [0.717, 1.165) is 29.7 Å². The van der Waals surface area contributed by atoms with Crippen molar-refractivity contribution in [3.63, 3.8) is 0 Å². The number of aliphatic carboxylic acids is 1. The summed E-state index contributed by atoms with van der Waals surface area (Å²) in [5, 5.41) is 9.57. The molecule has 7 heteroatoms. The topological polar surface area (TPSA) is 81.1 Å². The quantitative estimate of drug-likeness (QED) is 0.764. The van der Waals surface area contributed by atoms with E-state index in [1.165, 1.54) is 0 Å². The van der Waals surface area contributed by atoms with Crippen LogP contribution in [0.4, 0.5) is 0 Å². The molecule has 1 aliphatic rings. The van der Waals surface area contributed by atoms with Crippen LogP contribution in [0.1, 0.15) is 35.6 Å². The minimum atomic E-state index is -0.746. The number of piperidine rings is 1. The Morgan fingerprint density at radius 3 is 2.45 bits per heavy atom. The number of carbonyl (C=O) groups is 1. The van der Waals surface area contributed by atoms with Crippen LogP contribution in [-0.4, -0.2) is 55.4 Å². The Morgan fingerprint density at radius 2 is 1.90 bits per heavy atom. The molecule has 2 aromatic rings. The van der Waals surface area contributed by atoms with E-state index in [-0.39, 0.29) is 12.0 Å². The van der Waals surface area contributed by atoms with Crippen LogP contribution in [0.5, 0.6) is 17.2 Å². The van der Waals surface area contributed by atoms with E-state index in [9.17, 15) is 9.90 Å². The maximum absolute atomic E-state index is 11.7. The molecular weight excluding hydrogens is 372 g/mol. The van der Waals surface area contributed by atoms with Crippen molar-refractivity contribution in [2.75, 3.05) is 34.4 Å². The van der Waals surface area contributed by atoms with E-state index >= 15 is 0 Å². The summed E-state index contributed by atoms with van der Waals surface area (Å²) in [6.07, 6.45) is 5.13. The van der Waals surface area contributed by atoms with Crippen LogP contribution in [0.3, 0.4) is 0 Å². The molecule has 0 aliphatic carbocycles. The largest absolute Gasteiger partial charge is 0.493 e. The summed E-state index contributed by atoms with van der Waals surface area (Å²) >= 11 is 0. The molecule has 0 amide bonds. The number of methoxy groups -OCH3 is 3. The Bertz CT molecular complexity index is 845. The highest BCUT2D eigenvalue weighted by Crippen LogP contribution is 2.43. The predicted octanol–water partition coefficient (Wildman–Crippen LogP) is 3.30. The predicted molar refractivity (Wildman–Crippen MR) is 109 cm³/mol. The highest BCUT2D eigenvalue weighted by molar-refractivity contribution is 5.70. The van der Waals surface area contributed by atoms with Crippen molar-refractivity contribution in [2.45, 2.75) is 25.8 Å². The number of carboxylic acid groups (broad SMARTS) is 1. The molecule has 29 heavy (non-hydrogen) atoms. The molecule has 2 atom stereocenters. The number of pyridine rings is 1. The second-order valence-electron chi connectivity index (χ2n) is 7.27. The van der Waals surface area contributed by atoms with Crippen LogP contribution in [0.2, 0.25) is 0 Å². The first-order valence-corrected chi connectivity index (χ1v) is 9.67. The molecule has 0 bridgehead atoms. The summed E-state index contributed by atoms with van der Waals surface area (Å²) in [6, 6.07) is 5.73. The van der Waals surface area contributed by atoms with Gasteiger partial charge in [-0.3, -0.25) is 14.7 Å². The minimum absolute atomic E-state index is 0.145. The van der Waals surface area contributed by atoms with Gasteiger partial charge in [0.2, 0.25) is 5.75 Å². The lowest BCUT2D eigenvalue weighted by atomic mass is 9.90. The lowest BCUT2D eigenvalue weighted by Gasteiger charge is -2.38. The summed E-state index contributed by atoms with van der Waals surface area (Å²) in [5.74, 6) is 0.557. The molecule has 0 saturated carbocycles.